The van der Waals surface area contributed by atoms with E-state index in [1.807, 2.05) is 19.1 Å². The lowest BCUT2D eigenvalue weighted by Crippen LogP contribution is -2.26. The summed E-state index contributed by atoms with van der Waals surface area (Å²) in [6.07, 6.45) is 1.35. The molecule has 130 valence electrons. The van der Waals surface area contributed by atoms with E-state index in [4.69, 9.17) is 0 Å². The third kappa shape index (κ3) is 5.64. The Morgan fingerprint density at radius 3 is 2.60 bits per heavy atom. The van der Waals surface area contributed by atoms with Crippen LogP contribution in [0.5, 0.6) is 0 Å². The van der Waals surface area contributed by atoms with Crippen molar-refractivity contribution in [2.45, 2.75) is 6.92 Å². The first-order valence-corrected chi connectivity index (χ1v) is 8.71. The monoisotopic (exact) mass is 468 g/mol. The van der Waals surface area contributed by atoms with E-state index in [1.54, 1.807) is 12.1 Å². The van der Waals surface area contributed by atoms with Crippen LogP contribution in [0.15, 0.2) is 50.4 Å². The predicted octanol–water partition coefficient (Wildman–Crippen LogP) is 3.99. The van der Waals surface area contributed by atoms with Gasteiger partial charge < -0.3 is 5.32 Å². The molecular formula is C16H14Br2N4O3. The first kappa shape index (κ1) is 19.1. The van der Waals surface area contributed by atoms with Gasteiger partial charge in [-0.1, -0.05) is 12.1 Å². The molecule has 0 aromatic heterocycles. The van der Waals surface area contributed by atoms with E-state index in [0.29, 0.717) is 5.56 Å². The summed E-state index contributed by atoms with van der Waals surface area (Å²) in [5, 5.41) is 17.5. The van der Waals surface area contributed by atoms with Crippen LogP contribution >= 0.6 is 31.9 Å². The van der Waals surface area contributed by atoms with Crippen LogP contribution in [0.3, 0.4) is 0 Å². The summed E-state index contributed by atoms with van der Waals surface area (Å²) in [5.74, 6) is -0.346. The molecule has 0 atom stereocenters. The molecule has 0 saturated heterocycles. The zero-order valence-electron chi connectivity index (χ0n) is 13.1. The van der Waals surface area contributed by atoms with Crippen LogP contribution < -0.4 is 10.7 Å². The number of halogens is 2. The number of non-ortho nitro benzene ring substituents is 1. The van der Waals surface area contributed by atoms with Gasteiger partial charge in [-0.2, -0.15) is 5.10 Å². The van der Waals surface area contributed by atoms with E-state index in [0.717, 1.165) is 20.2 Å². The average Bonchev–Trinajstić information content (AvgIpc) is 2.54. The van der Waals surface area contributed by atoms with Gasteiger partial charge in [-0.25, -0.2) is 5.43 Å². The largest absolute Gasteiger partial charge is 0.374 e. The van der Waals surface area contributed by atoms with Gasteiger partial charge in [0.25, 0.3) is 11.6 Å². The number of carbonyl (C=O) groups is 1. The van der Waals surface area contributed by atoms with Gasteiger partial charge in [0.15, 0.2) is 0 Å². The molecule has 0 heterocycles. The van der Waals surface area contributed by atoms with Crippen LogP contribution in [0, 0.1) is 17.0 Å². The molecular weight excluding hydrogens is 456 g/mol. The Bertz CT molecular complexity index is 817. The lowest BCUT2D eigenvalue weighted by molar-refractivity contribution is -0.384. The molecule has 2 aromatic rings. The highest BCUT2D eigenvalue weighted by molar-refractivity contribution is 9.11. The molecule has 0 aliphatic carbocycles. The van der Waals surface area contributed by atoms with Gasteiger partial charge in [0.1, 0.15) is 0 Å². The van der Waals surface area contributed by atoms with Gasteiger partial charge in [0.05, 0.1) is 23.4 Å². The maximum Gasteiger partial charge on any atom is 0.270 e. The van der Waals surface area contributed by atoms with Gasteiger partial charge in [-0.15, -0.1) is 0 Å². The first-order valence-electron chi connectivity index (χ1n) is 7.12. The lowest BCUT2D eigenvalue weighted by Gasteiger charge is -2.11. The van der Waals surface area contributed by atoms with Gasteiger partial charge in [-0.05, 0) is 56.5 Å². The van der Waals surface area contributed by atoms with Gasteiger partial charge in [0, 0.05) is 26.6 Å². The third-order valence-electron chi connectivity index (χ3n) is 3.10. The highest BCUT2D eigenvalue weighted by atomic mass is 79.9. The number of hydrogen-bond acceptors (Lipinski definition) is 5. The quantitative estimate of drug-likeness (QED) is 0.379. The molecule has 0 unspecified atom stereocenters. The minimum atomic E-state index is -0.489. The number of carbonyl (C=O) groups excluding carboxylic acids is 1. The fourth-order valence-electron chi connectivity index (χ4n) is 1.97. The standard InChI is InChI=1S/C16H14Br2N4O3/c1-10-5-13(17)16(14(18)6-10)19-9-15(23)21-20-8-11-3-2-4-12(7-11)22(24)25/h2-8,19H,9H2,1H3,(H,21,23). The van der Waals surface area contributed by atoms with Crippen molar-refractivity contribution < 1.29 is 9.72 Å². The van der Waals surface area contributed by atoms with Crippen LogP contribution in [0.2, 0.25) is 0 Å². The molecule has 25 heavy (non-hydrogen) atoms. The molecule has 2 rings (SSSR count). The fourth-order valence-corrected chi connectivity index (χ4v) is 3.67. The number of hydrogen-bond donors (Lipinski definition) is 2. The number of nitrogens with zero attached hydrogens (tertiary/aromatic N) is 2. The topological polar surface area (TPSA) is 96.6 Å². The van der Waals surface area contributed by atoms with Crippen LogP contribution in [0.1, 0.15) is 11.1 Å². The Labute approximate surface area is 160 Å². The molecule has 0 saturated carbocycles. The molecule has 2 N–H and O–H groups in total. The summed E-state index contributed by atoms with van der Waals surface area (Å²) >= 11 is 6.88. The number of nitro groups is 1. The van der Waals surface area contributed by atoms with Crippen molar-refractivity contribution in [2.24, 2.45) is 5.10 Å². The molecule has 9 heteroatoms. The van der Waals surface area contributed by atoms with Crippen molar-refractivity contribution in [1.29, 1.82) is 0 Å². The second-order valence-corrected chi connectivity index (χ2v) is 6.81. The van der Waals surface area contributed by atoms with Crippen molar-refractivity contribution in [2.75, 3.05) is 11.9 Å². The third-order valence-corrected chi connectivity index (χ3v) is 4.35. The number of nitro benzene ring substituents is 1. The number of anilines is 1. The van der Waals surface area contributed by atoms with Crippen molar-refractivity contribution >= 4 is 55.4 Å². The fraction of sp³-hybridized carbons (Fsp3) is 0.125. The molecule has 0 aliphatic heterocycles. The first-order chi connectivity index (χ1) is 11.9. The number of rotatable bonds is 6. The van der Waals surface area contributed by atoms with Crippen molar-refractivity contribution in [3.05, 3.63) is 66.6 Å². The predicted molar refractivity (Wildman–Crippen MR) is 104 cm³/mol. The molecule has 0 spiro atoms. The minimum Gasteiger partial charge on any atom is -0.374 e. The summed E-state index contributed by atoms with van der Waals surface area (Å²) in [6, 6.07) is 9.83. The average molecular weight is 470 g/mol. The summed E-state index contributed by atoms with van der Waals surface area (Å²) in [6.45, 7) is 1.99. The number of amides is 1. The normalized spacial score (nSPS) is 10.7. The Hall–Kier alpha value is -2.26. The Morgan fingerprint density at radius 1 is 1.28 bits per heavy atom. The number of nitrogens with one attached hydrogen (secondary N) is 2. The smallest absolute Gasteiger partial charge is 0.270 e. The molecule has 0 fully saturated rings. The van der Waals surface area contributed by atoms with Crippen molar-refractivity contribution in [1.82, 2.24) is 5.43 Å². The summed E-state index contributed by atoms with van der Waals surface area (Å²) in [7, 11) is 0. The molecule has 0 aliphatic rings. The SMILES string of the molecule is Cc1cc(Br)c(NCC(=O)NN=Cc2cccc([N+](=O)[O-])c2)c(Br)c1. The van der Waals surface area contributed by atoms with E-state index < -0.39 is 4.92 Å². The van der Waals surface area contributed by atoms with E-state index in [2.05, 4.69) is 47.7 Å². The second-order valence-electron chi connectivity index (χ2n) is 5.10. The van der Waals surface area contributed by atoms with E-state index in [-0.39, 0.29) is 18.1 Å². The van der Waals surface area contributed by atoms with E-state index in [9.17, 15) is 14.9 Å². The van der Waals surface area contributed by atoms with Crippen LogP contribution in [0.25, 0.3) is 0 Å². The molecule has 0 bridgehead atoms. The van der Waals surface area contributed by atoms with Crippen LogP contribution in [-0.4, -0.2) is 23.6 Å². The Morgan fingerprint density at radius 2 is 1.96 bits per heavy atom. The van der Waals surface area contributed by atoms with Crippen LogP contribution in [0.4, 0.5) is 11.4 Å². The van der Waals surface area contributed by atoms with E-state index >= 15 is 0 Å². The zero-order chi connectivity index (χ0) is 18.4. The van der Waals surface area contributed by atoms with Gasteiger partial charge in [-0.3, -0.25) is 14.9 Å². The molecule has 2 aromatic carbocycles. The van der Waals surface area contributed by atoms with Crippen molar-refractivity contribution in [3.63, 3.8) is 0 Å². The van der Waals surface area contributed by atoms with E-state index in [1.165, 1.54) is 18.3 Å². The number of aryl methyl sites for hydroxylation is 1. The maximum absolute atomic E-state index is 11.8. The summed E-state index contributed by atoms with van der Waals surface area (Å²) < 4.78 is 1.68. The summed E-state index contributed by atoms with van der Waals surface area (Å²) in [4.78, 5) is 22.1. The Balaban J connectivity index is 1.91. The maximum atomic E-state index is 11.8. The highest BCUT2D eigenvalue weighted by Gasteiger charge is 2.08. The minimum absolute atomic E-state index is 0.0204. The second kappa shape index (κ2) is 8.72. The molecule has 0 radical (unpaired) electrons. The Kier molecular flexibility index (Phi) is 6.65. The van der Waals surface area contributed by atoms with Crippen LogP contribution in [-0.2, 0) is 4.79 Å². The lowest BCUT2D eigenvalue weighted by atomic mass is 10.2. The number of hydrazone groups is 1. The zero-order valence-corrected chi connectivity index (χ0v) is 16.3. The highest BCUT2D eigenvalue weighted by Crippen LogP contribution is 2.32. The van der Waals surface area contributed by atoms with Crippen molar-refractivity contribution in [3.8, 4) is 0 Å². The number of benzene rings is 2. The van der Waals surface area contributed by atoms with Gasteiger partial charge in [0.2, 0.25) is 0 Å². The van der Waals surface area contributed by atoms with Gasteiger partial charge >= 0.3 is 0 Å². The molecule has 1 amide bonds. The molecule has 7 nitrogen and oxygen atoms in total. The summed E-state index contributed by atoms with van der Waals surface area (Å²) in [5.41, 5.74) is 4.70.